The van der Waals surface area contributed by atoms with E-state index in [1.54, 1.807) is 0 Å². The molecule has 0 spiro atoms. The van der Waals surface area contributed by atoms with Crippen molar-refractivity contribution in [3.05, 3.63) is 108 Å². The van der Waals surface area contributed by atoms with Gasteiger partial charge in [-0.05, 0) is 36.4 Å². The van der Waals surface area contributed by atoms with Crippen molar-refractivity contribution in [2.24, 2.45) is 0 Å². The molecular formula is C27H19F7N2O2. The lowest BCUT2D eigenvalue weighted by Gasteiger charge is -2.39. The van der Waals surface area contributed by atoms with Gasteiger partial charge in [0.25, 0.3) is 0 Å². The molecule has 38 heavy (non-hydrogen) atoms. The normalized spacial score (nSPS) is 12.3. The van der Waals surface area contributed by atoms with Gasteiger partial charge < -0.3 is 20.9 Å². The second kappa shape index (κ2) is 9.81. The molecule has 0 heterocycles. The number of ether oxygens (including phenoxy) is 2. The van der Waals surface area contributed by atoms with E-state index in [4.69, 9.17) is 20.9 Å². The first-order chi connectivity index (χ1) is 17.8. The Morgan fingerprint density at radius 2 is 1.05 bits per heavy atom. The van der Waals surface area contributed by atoms with E-state index in [9.17, 15) is 30.7 Å². The largest absolute Gasteiger partial charge is 0.457 e. The first-order valence-electron chi connectivity index (χ1n) is 10.9. The van der Waals surface area contributed by atoms with E-state index in [0.29, 0.717) is 12.1 Å². The van der Waals surface area contributed by atoms with Crippen LogP contribution in [0.15, 0.2) is 91.0 Å². The highest BCUT2D eigenvalue weighted by Gasteiger charge is 2.74. The third-order valence-electron chi connectivity index (χ3n) is 5.69. The maximum Gasteiger partial charge on any atom is 0.411 e. The molecule has 0 amide bonds. The van der Waals surface area contributed by atoms with Crippen molar-refractivity contribution in [3.63, 3.8) is 0 Å². The average Bonchev–Trinajstić information content (AvgIpc) is 2.81. The standard InChI is InChI=1S/C27H19F7N2O2/c28-21-15-17(36)12-13-24(21)38-23-11-4-2-9-20(23)25(26(29,30)31,27(32,33)34)19-8-1-3-10-22(19)37-18-7-5-6-16(35)14-18/h1-15H,35-36H2. The number of hydrogen-bond donors (Lipinski definition) is 2. The van der Waals surface area contributed by atoms with Gasteiger partial charge in [-0.2, -0.15) is 26.3 Å². The second-order valence-corrected chi connectivity index (χ2v) is 8.20. The molecule has 0 aromatic heterocycles. The third-order valence-corrected chi connectivity index (χ3v) is 5.69. The van der Waals surface area contributed by atoms with Crippen LogP contribution in [-0.4, -0.2) is 12.4 Å². The molecule has 4 aromatic rings. The van der Waals surface area contributed by atoms with Crippen LogP contribution in [0.1, 0.15) is 11.1 Å². The fraction of sp³-hybridized carbons (Fsp3) is 0.111. The number of anilines is 2. The van der Waals surface area contributed by atoms with Crippen LogP contribution >= 0.6 is 0 Å². The van der Waals surface area contributed by atoms with Crippen LogP contribution in [0.5, 0.6) is 23.0 Å². The lowest BCUT2D eigenvalue weighted by Crippen LogP contribution is -2.55. The highest BCUT2D eigenvalue weighted by molar-refractivity contribution is 5.57. The first kappa shape index (κ1) is 26.6. The molecule has 11 heteroatoms. The van der Waals surface area contributed by atoms with Crippen LogP contribution in [0.4, 0.5) is 42.1 Å². The number of alkyl halides is 6. The van der Waals surface area contributed by atoms with Gasteiger partial charge in [-0.15, -0.1) is 0 Å². The summed E-state index contributed by atoms with van der Waals surface area (Å²) in [6, 6.07) is 16.1. The zero-order valence-corrected chi connectivity index (χ0v) is 19.3. The Morgan fingerprint density at radius 3 is 1.58 bits per heavy atom. The van der Waals surface area contributed by atoms with E-state index in [-0.39, 0.29) is 17.1 Å². The van der Waals surface area contributed by atoms with E-state index >= 15 is 0 Å². The fourth-order valence-corrected chi connectivity index (χ4v) is 4.07. The van der Waals surface area contributed by atoms with Crippen LogP contribution in [-0.2, 0) is 5.41 Å². The summed E-state index contributed by atoms with van der Waals surface area (Å²) in [7, 11) is 0. The van der Waals surface area contributed by atoms with Crippen molar-refractivity contribution in [1.29, 1.82) is 0 Å². The van der Waals surface area contributed by atoms with Gasteiger partial charge in [0.2, 0.25) is 5.41 Å². The minimum absolute atomic E-state index is 0.0179. The van der Waals surface area contributed by atoms with E-state index in [1.807, 2.05) is 0 Å². The number of hydrogen-bond acceptors (Lipinski definition) is 4. The fourth-order valence-electron chi connectivity index (χ4n) is 4.07. The van der Waals surface area contributed by atoms with E-state index in [0.717, 1.165) is 36.4 Å². The third kappa shape index (κ3) is 4.79. The summed E-state index contributed by atoms with van der Waals surface area (Å²) >= 11 is 0. The highest BCUT2D eigenvalue weighted by atomic mass is 19.4. The Labute approximate surface area is 212 Å². The van der Waals surface area contributed by atoms with Gasteiger partial charge in [-0.1, -0.05) is 42.5 Å². The van der Waals surface area contributed by atoms with Gasteiger partial charge >= 0.3 is 12.4 Å². The van der Waals surface area contributed by atoms with Crippen LogP contribution in [0.2, 0.25) is 0 Å². The molecule has 4 rings (SSSR count). The zero-order valence-electron chi connectivity index (χ0n) is 19.3. The lowest BCUT2D eigenvalue weighted by atomic mass is 9.72. The molecule has 0 unspecified atom stereocenters. The number of nitrogen functional groups attached to an aromatic ring is 2. The number of rotatable bonds is 6. The second-order valence-electron chi connectivity index (χ2n) is 8.20. The van der Waals surface area contributed by atoms with Crippen molar-refractivity contribution in [1.82, 2.24) is 0 Å². The summed E-state index contributed by atoms with van der Waals surface area (Å²) in [5.41, 5.74) is 4.12. The van der Waals surface area contributed by atoms with Crippen molar-refractivity contribution in [2.45, 2.75) is 17.8 Å². The molecule has 0 saturated carbocycles. The summed E-state index contributed by atoms with van der Waals surface area (Å²) in [5.74, 6) is -3.36. The number of para-hydroxylation sites is 2. The molecular weight excluding hydrogens is 517 g/mol. The van der Waals surface area contributed by atoms with Gasteiger partial charge in [0.05, 0.1) is 0 Å². The predicted molar refractivity (Wildman–Crippen MR) is 128 cm³/mol. The van der Waals surface area contributed by atoms with Crippen molar-refractivity contribution >= 4 is 11.4 Å². The number of nitrogens with two attached hydrogens (primary N) is 2. The molecule has 4 N–H and O–H groups in total. The number of halogens is 7. The Hall–Kier alpha value is -4.41. The molecule has 0 atom stereocenters. The number of benzene rings is 4. The molecule has 198 valence electrons. The first-order valence-corrected chi connectivity index (χ1v) is 10.9. The van der Waals surface area contributed by atoms with E-state index in [2.05, 4.69) is 0 Å². The van der Waals surface area contributed by atoms with Crippen LogP contribution < -0.4 is 20.9 Å². The minimum atomic E-state index is -5.96. The molecule has 0 saturated heterocycles. The smallest absolute Gasteiger partial charge is 0.411 e. The Kier molecular flexibility index (Phi) is 6.88. The Bertz CT molecular complexity index is 1440. The average molecular weight is 536 g/mol. The summed E-state index contributed by atoms with van der Waals surface area (Å²) < 4.78 is 115. The van der Waals surface area contributed by atoms with Crippen molar-refractivity contribution < 1.29 is 40.2 Å². The quantitative estimate of drug-likeness (QED) is 0.194. The maximum atomic E-state index is 14.9. The molecule has 0 aliphatic heterocycles. The van der Waals surface area contributed by atoms with Crippen molar-refractivity contribution in [2.75, 3.05) is 11.5 Å². The van der Waals surface area contributed by atoms with Gasteiger partial charge in [-0.3, -0.25) is 0 Å². The molecule has 0 aliphatic rings. The van der Waals surface area contributed by atoms with Gasteiger partial charge in [0, 0.05) is 34.6 Å². The molecule has 4 aromatic carbocycles. The van der Waals surface area contributed by atoms with Crippen molar-refractivity contribution in [3.8, 4) is 23.0 Å². The molecule has 0 aliphatic carbocycles. The van der Waals surface area contributed by atoms with Crippen LogP contribution in [0, 0.1) is 5.82 Å². The topological polar surface area (TPSA) is 70.5 Å². The van der Waals surface area contributed by atoms with E-state index in [1.165, 1.54) is 42.5 Å². The summed E-state index contributed by atoms with van der Waals surface area (Å²) in [6.07, 6.45) is -11.9. The lowest BCUT2D eigenvalue weighted by molar-refractivity contribution is -0.289. The molecule has 0 bridgehead atoms. The zero-order chi connectivity index (χ0) is 27.7. The molecule has 0 fully saturated rings. The molecule has 4 nitrogen and oxygen atoms in total. The Morgan fingerprint density at radius 1 is 0.526 bits per heavy atom. The van der Waals surface area contributed by atoms with Gasteiger partial charge in [0.15, 0.2) is 11.6 Å². The maximum absolute atomic E-state index is 14.9. The summed E-state index contributed by atoms with van der Waals surface area (Å²) in [4.78, 5) is 0. The minimum Gasteiger partial charge on any atom is -0.457 e. The predicted octanol–water partition coefficient (Wildman–Crippen LogP) is 7.99. The molecule has 0 radical (unpaired) electrons. The van der Waals surface area contributed by atoms with Crippen LogP contribution in [0.3, 0.4) is 0 Å². The summed E-state index contributed by atoms with van der Waals surface area (Å²) in [5, 5.41) is 0. The highest BCUT2D eigenvalue weighted by Crippen LogP contribution is 2.60. The monoisotopic (exact) mass is 536 g/mol. The SMILES string of the molecule is Nc1cccc(Oc2ccccc2C(c2ccccc2Oc2ccc(N)cc2F)(C(F)(F)F)C(F)(F)F)c1. The van der Waals surface area contributed by atoms with E-state index < -0.39 is 52.0 Å². The van der Waals surface area contributed by atoms with Crippen LogP contribution in [0.25, 0.3) is 0 Å². The van der Waals surface area contributed by atoms with Gasteiger partial charge in [0.1, 0.15) is 17.2 Å². The Balaban J connectivity index is 2.00. The van der Waals surface area contributed by atoms with Gasteiger partial charge in [-0.25, -0.2) is 4.39 Å². The summed E-state index contributed by atoms with van der Waals surface area (Å²) in [6.45, 7) is 0.